The molecule has 1 aromatic carbocycles. The summed E-state index contributed by atoms with van der Waals surface area (Å²) in [5.74, 6) is 0.472. The van der Waals surface area contributed by atoms with E-state index in [4.69, 9.17) is 11.6 Å². The third-order valence-corrected chi connectivity index (χ3v) is 4.32. The molecule has 2 heterocycles. The van der Waals surface area contributed by atoms with Gasteiger partial charge < -0.3 is 5.32 Å². The van der Waals surface area contributed by atoms with Gasteiger partial charge in [-0.2, -0.15) is 5.10 Å². The monoisotopic (exact) mass is 369 g/mol. The molecule has 134 valence electrons. The number of amides is 2. The zero-order valence-electron chi connectivity index (χ0n) is 14.6. The van der Waals surface area contributed by atoms with Gasteiger partial charge in [-0.25, -0.2) is 9.78 Å². The molecule has 0 saturated carbocycles. The smallest absolute Gasteiger partial charge is 0.307 e. The first-order chi connectivity index (χ1) is 12.5. The van der Waals surface area contributed by atoms with Gasteiger partial charge in [-0.15, -0.1) is 0 Å². The molecule has 3 aromatic rings. The van der Waals surface area contributed by atoms with Crippen LogP contribution in [0.4, 0.5) is 16.3 Å². The van der Waals surface area contributed by atoms with Crippen molar-refractivity contribution in [2.24, 2.45) is 0 Å². The minimum absolute atomic E-state index is 0.323. The van der Waals surface area contributed by atoms with Gasteiger partial charge in [0.1, 0.15) is 5.15 Å². The molecule has 26 heavy (non-hydrogen) atoms. The van der Waals surface area contributed by atoms with E-state index in [1.54, 1.807) is 12.3 Å². The van der Waals surface area contributed by atoms with Crippen LogP contribution in [0.1, 0.15) is 22.4 Å². The molecule has 3 N–H and O–H groups in total. The summed E-state index contributed by atoms with van der Waals surface area (Å²) in [5.41, 5.74) is 4.98. The van der Waals surface area contributed by atoms with Gasteiger partial charge in [0.2, 0.25) is 0 Å². The molecule has 0 bridgehead atoms. The number of hydrogen-bond acceptors (Lipinski definition) is 3. The van der Waals surface area contributed by atoms with Gasteiger partial charge >= 0.3 is 6.03 Å². The van der Waals surface area contributed by atoms with Crippen molar-refractivity contribution in [1.29, 1.82) is 0 Å². The first-order valence-electron chi connectivity index (χ1n) is 8.30. The quantitative estimate of drug-likeness (QED) is 0.579. The number of aromatic nitrogens is 3. The van der Waals surface area contributed by atoms with Gasteiger partial charge in [-0.05, 0) is 49.4 Å². The molecule has 0 aliphatic carbocycles. The molecule has 2 aromatic heterocycles. The Labute approximate surface area is 157 Å². The Balaban J connectivity index is 1.57. The van der Waals surface area contributed by atoms with Crippen molar-refractivity contribution in [3.8, 4) is 0 Å². The number of H-pyrrole nitrogens is 1. The predicted molar refractivity (Wildman–Crippen MR) is 104 cm³/mol. The Kier molecular flexibility index (Phi) is 5.53. The number of anilines is 2. The highest BCUT2D eigenvalue weighted by molar-refractivity contribution is 6.29. The van der Waals surface area contributed by atoms with Crippen LogP contribution in [-0.4, -0.2) is 21.2 Å². The fourth-order valence-electron chi connectivity index (χ4n) is 2.62. The lowest BCUT2D eigenvalue weighted by Crippen LogP contribution is -2.20. The summed E-state index contributed by atoms with van der Waals surface area (Å²) >= 11 is 5.86. The Morgan fingerprint density at radius 2 is 1.92 bits per heavy atom. The molecular weight excluding hydrogens is 350 g/mol. The lowest BCUT2D eigenvalue weighted by molar-refractivity contribution is 0.262. The SMILES string of the molecule is Cc1ccccc1CCc1cc(NC(=O)Nc2cc(Cl)ncc2C)n[nH]1. The van der Waals surface area contributed by atoms with Gasteiger partial charge in [0.25, 0.3) is 0 Å². The van der Waals surface area contributed by atoms with Crippen molar-refractivity contribution in [3.63, 3.8) is 0 Å². The van der Waals surface area contributed by atoms with Gasteiger partial charge in [0.15, 0.2) is 5.82 Å². The van der Waals surface area contributed by atoms with Crippen LogP contribution in [-0.2, 0) is 12.8 Å². The van der Waals surface area contributed by atoms with Crippen molar-refractivity contribution in [2.75, 3.05) is 10.6 Å². The number of halogens is 1. The highest BCUT2D eigenvalue weighted by Gasteiger charge is 2.09. The van der Waals surface area contributed by atoms with E-state index in [1.807, 2.05) is 25.1 Å². The predicted octanol–water partition coefficient (Wildman–Crippen LogP) is 4.50. The number of aromatic amines is 1. The maximum absolute atomic E-state index is 12.1. The largest absolute Gasteiger partial charge is 0.324 e. The lowest BCUT2D eigenvalue weighted by Gasteiger charge is -2.08. The average Bonchev–Trinajstić information content (AvgIpc) is 3.04. The third kappa shape index (κ3) is 4.61. The normalized spacial score (nSPS) is 10.6. The minimum Gasteiger partial charge on any atom is -0.307 e. The van der Waals surface area contributed by atoms with E-state index < -0.39 is 0 Å². The van der Waals surface area contributed by atoms with E-state index >= 15 is 0 Å². The summed E-state index contributed by atoms with van der Waals surface area (Å²) in [6.45, 7) is 3.95. The fourth-order valence-corrected chi connectivity index (χ4v) is 2.77. The topological polar surface area (TPSA) is 82.7 Å². The number of hydrogen-bond donors (Lipinski definition) is 3. The molecule has 3 rings (SSSR count). The number of urea groups is 1. The van der Waals surface area contributed by atoms with Crippen LogP contribution < -0.4 is 10.6 Å². The van der Waals surface area contributed by atoms with Crippen LogP contribution in [0.5, 0.6) is 0 Å². The first kappa shape index (κ1) is 17.9. The van der Waals surface area contributed by atoms with E-state index in [2.05, 4.69) is 44.9 Å². The van der Waals surface area contributed by atoms with E-state index in [9.17, 15) is 4.79 Å². The molecule has 0 fully saturated rings. The average molecular weight is 370 g/mol. The minimum atomic E-state index is -0.382. The molecule has 6 nitrogen and oxygen atoms in total. The third-order valence-electron chi connectivity index (χ3n) is 4.12. The Bertz CT molecular complexity index is 922. The Morgan fingerprint density at radius 3 is 2.73 bits per heavy atom. The van der Waals surface area contributed by atoms with Crippen LogP contribution in [0, 0.1) is 13.8 Å². The molecule has 0 radical (unpaired) electrons. The van der Waals surface area contributed by atoms with Crippen molar-refractivity contribution in [2.45, 2.75) is 26.7 Å². The van der Waals surface area contributed by atoms with Crippen LogP contribution in [0.15, 0.2) is 42.6 Å². The van der Waals surface area contributed by atoms with E-state index in [0.717, 1.165) is 24.1 Å². The number of pyridine rings is 1. The molecule has 7 heteroatoms. The number of aryl methyl sites for hydroxylation is 4. The summed E-state index contributed by atoms with van der Waals surface area (Å²) in [4.78, 5) is 16.1. The van der Waals surface area contributed by atoms with Crippen LogP contribution in [0.3, 0.4) is 0 Å². The van der Waals surface area contributed by atoms with Crippen LogP contribution >= 0.6 is 11.6 Å². The summed E-state index contributed by atoms with van der Waals surface area (Å²) in [5, 5.41) is 12.9. The van der Waals surface area contributed by atoms with Crippen LogP contribution in [0.25, 0.3) is 0 Å². The van der Waals surface area contributed by atoms with Crippen molar-refractivity contribution in [1.82, 2.24) is 15.2 Å². The lowest BCUT2D eigenvalue weighted by atomic mass is 10.0. The van der Waals surface area contributed by atoms with Gasteiger partial charge in [-0.3, -0.25) is 10.4 Å². The summed E-state index contributed by atoms with van der Waals surface area (Å²) in [7, 11) is 0. The second kappa shape index (κ2) is 8.01. The first-order valence-corrected chi connectivity index (χ1v) is 8.68. The number of carbonyl (C=O) groups excluding carboxylic acids is 1. The summed E-state index contributed by atoms with van der Waals surface area (Å²) in [6, 6.07) is 11.4. The highest BCUT2D eigenvalue weighted by Crippen LogP contribution is 2.18. The Morgan fingerprint density at radius 1 is 1.12 bits per heavy atom. The summed E-state index contributed by atoms with van der Waals surface area (Å²) in [6.07, 6.45) is 3.34. The second-order valence-corrected chi connectivity index (χ2v) is 6.49. The number of nitrogens with one attached hydrogen (secondary N) is 3. The fraction of sp³-hybridized carbons (Fsp3) is 0.211. The zero-order valence-corrected chi connectivity index (χ0v) is 15.4. The summed E-state index contributed by atoms with van der Waals surface area (Å²) < 4.78 is 0. The highest BCUT2D eigenvalue weighted by atomic mass is 35.5. The maximum atomic E-state index is 12.1. The van der Waals surface area contributed by atoms with Crippen molar-refractivity contribution in [3.05, 3.63) is 70.1 Å². The molecule has 0 spiro atoms. The maximum Gasteiger partial charge on any atom is 0.324 e. The number of carbonyl (C=O) groups is 1. The van der Waals surface area contributed by atoms with E-state index in [-0.39, 0.29) is 6.03 Å². The molecule has 0 aliphatic heterocycles. The number of benzene rings is 1. The molecule has 2 amide bonds. The molecule has 0 saturated heterocycles. The zero-order chi connectivity index (χ0) is 18.5. The molecule has 0 aliphatic rings. The van der Waals surface area contributed by atoms with Crippen molar-refractivity contribution >= 4 is 29.1 Å². The second-order valence-electron chi connectivity index (χ2n) is 6.11. The number of rotatable bonds is 5. The van der Waals surface area contributed by atoms with E-state index in [1.165, 1.54) is 11.1 Å². The standard InChI is InChI=1S/C19H20ClN5O/c1-12-5-3-4-6-14(12)7-8-15-9-18(25-24-15)23-19(26)22-16-10-17(20)21-11-13(16)2/h3-6,9-11H,7-8H2,1-2H3,(H3,21,22,23,24,25,26). The van der Waals surface area contributed by atoms with Crippen molar-refractivity contribution < 1.29 is 4.79 Å². The van der Waals surface area contributed by atoms with Gasteiger partial charge in [0, 0.05) is 23.6 Å². The molecular formula is C19H20ClN5O. The van der Waals surface area contributed by atoms with Crippen LogP contribution in [0.2, 0.25) is 5.15 Å². The van der Waals surface area contributed by atoms with Gasteiger partial charge in [0.05, 0.1) is 0 Å². The number of nitrogens with zero attached hydrogens (tertiary/aromatic N) is 2. The molecule has 0 unspecified atom stereocenters. The molecule has 0 atom stereocenters. The van der Waals surface area contributed by atoms with E-state index in [0.29, 0.717) is 16.7 Å². The Hall–Kier alpha value is -2.86. The van der Waals surface area contributed by atoms with Gasteiger partial charge in [-0.1, -0.05) is 35.9 Å².